The normalized spacial score (nSPS) is 11.9. The summed E-state index contributed by atoms with van der Waals surface area (Å²) in [6, 6.07) is 3.55. The van der Waals surface area contributed by atoms with Gasteiger partial charge >= 0.3 is 35.7 Å². The molecule has 0 amide bonds. The number of hydrogen-bond acceptors (Lipinski definition) is 2. The number of allylic oxidation sites excluding steroid dienone is 1. The summed E-state index contributed by atoms with van der Waals surface area (Å²) >= 11 is 11.1. The van der Waals surface area contributed by atoms with Crippen molar-refractivity contribution < 1.29 is 52.6 Å². The first-order valence-corrected chi connectivity index (χ1v) is 4.92. The molecule has 0 bridgehead atoms. The smallest absolute Gasteiger partial charge is 0.872 e. The van der Waals surface area contributed by atoms with Gasteiger partial charge in [0.25, 0.3) is 5.78 Å². The number of halogens is 5. The molecule has 0 radical (unpaired) electrons. The third kappa shape index (κ3) is 5.20. The SMILES string of the molecule is O=C(/C=C(\[O-])c1cc(Cl)cc(Cl)c1)C(F)(F)F.[Na+]. The number of alkyl halides is 3. The van der Waals surface area contributed by atoms with Crippen LogP contribution in [0.1, 0.15) is 5.56 Å². The molecule has 8 heteroatoms. The van der Waals surface area contributed by atoms with Crippen molar-refractivity contribution in [1.29, 1.82) is 0 Å². The number of hydrogen-bond donors (Lipinski definition) is 0. The van der Waals surface area contributed by atoms with Crippen LogP contribution in [0.5, 0.6) is 0 Å². The van der Waals surface area contributed by atoms with Crippen LogP contribution in [0, 0.1) is 0 Å². The molecule has 0 atom stereocenters. The molecule has 0 aromatic heterocycles. The number of ketones is 1. The molecular weight excluding hydrogens is 303 g/mol. The first-order valence-electron chi connectivity index (χ1n) is 4.16. The molecule has 0 aliphatic carbocycles. The van der Waals surface area contributed by atoms with Gasteiger partial charge in [0.05, 0.1) is 0 Å². The maximum absolute atomic E-state index is 11.9. The van der Waals surface area contributed by atoms with Gasteiger partial charge in [0.15, 0.2) is 0 Å². The van der Waals surface area contributed by atoms with Crippen molar-refractivity contribution in [2.24, 2.45) is 0 Å². The van der Waals surface area contributed by atoms with Gasteiger partial charge in [-0.1, -0.05) is 29.0 Å². The van der Waals surface area contributed by atoms with Gasteiger partial charge in [-0.15, -0.1) is 0 Å². The van der Waals surface area contributed by atoms with Crippen molar-refractivity contribution >= 4 is 34.7 Å². The van der Waals surface area contributed by atoms with Crippen LogP contribution in [-0.2, 0) is 4.79 Å². The molecule has 1 aromatic rings. The molecule has 0 saturated heterocycles. The Morgan fingerprint density at radius 3 is 2.00 bits per heavy atom. The van der Waals surface area contributed by atoms with Crippen LogP contribution in [0.15, 0.2) is 24.3 Å². The minimum atomic E-state index is -5.07. The topological polar surface area (TPSA) is 40.1 Å². The molecule has 0 saturated carbocycles. The summed E-state index contributed by atoms with van der Waals surface area (Å²) in [4.78, 5) is 10.6. The Bertz CT molecular complexity index is 466. The van der Waals surface area contributed by atoms with Gasteiger partial charge in [0.2, 0.25) is 0 Å². The number of carbonyl (C=O) groups is 1. The Hall–Kier alpha value is -0.200. The van der Waals surface area contributed by atoms with Crippen molar-refractivity contribution in [3.05, 3.63) is 39.9 Å². The van der Waals surface area contributed by atoms with Gasteiger partial charge in [0, 0.05) is 10.0 Å². The molecule has 0 unspecified atom stereocenters. The second-order valence-corrected chi connectivity index (χ2v) is 3.90. The van der Waals surface area contributed by atoms with E-state index in [4.69, 9.17) is 23.2 Å². The summed E-state index contributed by atoms with van der Waals surface area (Å²) in [5.74, 6) is -3.32. The van der Waals surface area contributed by atoms with Crippen molar-refractivity contribution in [3.63, 3.8) is 0 Å². The van der Waals surface area contributed by atoms with Gasteiger partial charge in [-0.3, -0.25) is 4.79 Å². The van der Waals surface area contributed by atoms with E-state index in [-0.39, 0.29) is 51.2 Å². The summed E-state index contributed by atoms with van der Waals surface area (Å²) in [7, 11) is 0. The van der Waals surface area contributed by atoms with Crippen LogP contribution in [0.2, 0.25) is 10.0 Å². The van der Waals surface area contributed by atoms with Crippen LogP contribution < -0.4 is 34.7 Å². The van der Waals surface area contributed by atoms with E-state index in [2.05, 4.69) is 0 Å². The fourth-order valence-electron chi connectivity index (χ4n) is 0.980. The van der Waals surface area contributed by atoms with E-state index in [9.17, 15) is 23.1 Å². The van der Waals surface area contributed by atoms with Gasteiger partial charge < -0.3 is 5.11 Å². The van der Waals surface area contributed by atoms with Crippen LogP contribution in [0.25, 0.3) is 5.76 Å². The molecule has 0 N–H and O–H groups in total. The zero-order valence-corrected chi connectivity index (χ0v) is 12.5. The monoisotopic (exact) mass is 306 g/mol. The van der Waals surface area contributed by atoms with E-state index >= 15 is 0 Å². The second-order valence-electron chi connectivity index (χ2n) is 3.03. The van der Waals surface area contributed by atoms with Crippen LogP contribution in [0.4, 0.5) is 13.2 Å². The Balaban J connectivity index is 0.00000289. The van der Waals surface area contributed by atoms with E-state index in [0.717, 1.165) is 12.1 Å². The molecule has 2 nitrogen and oxygen atoms in total. The average Bonchev–Trinajstić information content (AvgIpc) is 2.14. The fraction of sp³-hybridized carbons (Fsp3) is 0.100. The van der Waals surface area contributed by atoms with Crippen molar-refractivity contribution in [2.75, 3.05) is 0 Å². The molecule has 0 aliphatic heterocycles. The van der Waals surface area contributed by atoms with Crippen molar-refractivity contribution in [3.8, 4) is 0 Å². The summed E-state index contributed by atoms with van der Waals surface area (Å²) in [5, 5.41) is 11.5. The Morgan fingerprint density at radius 1 is 1.17 bits per heavy atom. The largest absolute Gasteiger partial charge is 1.00 e. The van der Waals surface area contributed by atoms with Crippen LogP contribution in [0.3, 0.4) is 0 Å². The molecule has 0 aliphatic rings. The minimum Gasteiger partial charge on any atom is -0.872 e. The predicted octanol–water partition coefficient (Wildman–Crippen LogP) is -0.170. The van der Waals surface area contributed by atoms with Gasteiger partial charge in [-0.2, -0.15) is 13.2 Å². The number of rotatable bonds is 2. The van der Waals surface area contributed by atoms with Crippen molar-refractivity contribution in [1.82, 2.24) is 0 Å². The maximum Gasteiger partial charge on any atom is 1.00 e. The van der Waals surface area contributed by atoms with Crippen molar-refractivity contribution in [2.45, 2.75) is 6.18 Å². The molecule has 92 valence electrons. The average molecular weight is 307 g/mol. The predicted molar refractivity (Wildman–Crippen MR) is 55.5 cm³/mol. The summed E-state index contributed by atoms with van der Waals surface area (Å²) < 4.78 is 35.7. The Morgan fingerprint density at radius 2 is 1.61 bits per heavy atom. The van der Waals surface area contributed by atoms with Gasteiger partial charge in [-0.25, -0.2) is 0 Å². The molecule has 0 spiro atoms. The molecule has 0 fully saturated rings. The number of benzene rings is 1. The molecule has 1 rings (SSSR count). The van der Waals surface area contributed by atoms with E-state index < -0.39 is 17.7 Å². The summed E-state index contributed by atoms with van der Waals surface area (Å²) in [6.45, 7) is 0. The Kier molecular flexibility index (Phi) is 6.74. The maximum atomic E-state index is 11.9. The van der Waals surface area contributed by atoms with Crippen LogP contribution >= 0.6 is 23.2 Å². The summed E-state index contributed by atoms with van der Waals surface area (Å²) in [5.41, 5.74) is -0.180. The Labute approximate surface area is 133 Å². The number of carbonyl (C=O) groups excluding carboxylic acids is 1. The van der Waals surface area contributed by atoms with E-state index in [1.165, 1.54) is 6.07 Å². The second kappa shape index (κ2) is 6.82. The molecule has 0 heterocycles. The molecule has 18 heavy (non-hydrogen) atoms. The quantitative estimate of drug-likeness (QED) is 0.432. The van der Waals surface area contributed by atoms with E-state index in [1.54, 1.807) is 0 Å². The molecular formula is C10H4Cl2F3NaO2. The third-order valence-electron chi connectivity index (χ3n) is 1.69. The zero-order valence-electron chi connectivity index (χ0n) is 9.02. The van der Waals surface area contributed by atoms with E-state index in [0.29, 0.717) is 0 Å². The first kappa shape index (κ1) is 17.8. The summed E-state index contributed by atoms with van der Waals surface area (Å²) in [6.07, 6.45) is -5.11. The third-order valence-corrected chi connectivity index (χ3v) is 2.13. The van der Waals surface area contributed by atoms with Gasteiger partial charge in [-0.05, 0) is 29.8 Å². The minimum absolute atomic E-state index is 0. The first-order chi connectivity index (χ1) is 7.70. The van der Waals surface area contributed by atoms with E-state index in [1.807, 2.05) is 0 Å². The fourth-order valence-corrected chi connectivity index (χ4v) is 1.51. The molecule has 1 aromatic carbocycles. The zero-order chi connectivity index (χ0) is 13.2. The van der Waals surface area contributed by atoms with Gasteiger partial charge in [0.1, 0.15) is 0 Å². The van der Waals surface area contributed by atoms with Crippen LogP contribution in [-0.4, -0.2) is 12.0 Å². The standard InChI is InChI=1S/C10H5Cl2F3O2.Na/c11-6-1-5(2-7(12)3-6)8(16)4-9(17)10(13,14)15;/h1-4,16H;/q;+1/p-1/b8-4-;.